The van der Waals surface area contributed by atoms with Crippen molar-refractivity contribution in [2.24, 2.45) is 5.92 Å². The maximum atomic E-state index is 12.3. The number of benzene rings is 1. The molecule has 1 aliphatic heterocycles. The van der Waals surface area contributed by atoms with Crippen molar-refractivity contribution in [1.29, 1.82) is 0 Å². The molecule has 3 nitrogen and oxygen atoms in total. The van der Waals surface area contributed by atoms with E-state index in [2.05, 4.69) is 45.9 Å². The Morgan fingerprint density at radius 2 is 2.00 bits per heavy atom. The summed E-state index contributed by atoms with van der Waals surface area (Å²) in [5.41, 5.74) is 2.41. The van der Waals surface area contributed by atoms with Gasteiger partial charge in [-0.2, -0.15) is 0 Å². The third kappa shape index (κ3) is 5.26. The highest BCUT2D eigenvalue weighted by Gasteiger charge is 2.24. The van der Waals surface area contributed by atoms with E-state index >= 15 is 0 Å². The van der Waals surface area contributed by atoms with E-state index in [9.17, 15) is 4.79 Å². The van der Waals surface area contributed by atoms with Gasteiger partial charge in [-0.1, -0.05) is 38.8 Å². The molecule has 0 saturated carbocycles. The molecule has 0 spiro atoms. The Morgan fingerprint density at radius 3 is 2.65 bits per heavy atom. The standard InChI is InChI=1S/C20H31NO2/c1-5-6-15(2)14-20(22)21-11-9-18(10-12-21)23-19-13-16(3)7-8-17(19)4/h7-8,13,15,18H,5-6,9-12,14H2,1-4H3. The second-order valence-corrected chi connectivity index (χ2v) is 7.06. The van der Waals surface area contributed by atoms with Gasteiger partial charge in [0.05, 0.1) is 0 Å². The summed E-state index contributed by atoms with van der Waals surface area (Å²) in [6.45, 7) is 10.2. The summed E-state index contributed by atoms with van der Waals surface area (Å²) in [5, 5.41) is 0. The summed E-state index contributed by atoms with van der Waals surface area (Å²) in [7, 11) is 0. The van der Waals surface area contributed by atoms with Crippen molar-refractivity contribution in [2.75, 3.05) is 13.1 Å². The van der Waals surface area contributed by atoms with Crippen LogP contribution < -0.4 is 4.74 Å². The highest BCUT2D eigenvalue weighted by molar-refractivity contribution is 5.76. The highest BCUT2D eigenvalue weighted by atomic mass is 16.5. The highest BCUT2D eigenvalue weighted by Crippen LogP contribution is 2.24. The first kappa shape index (κ1) is 17.8. The van der Waals surface area contributed by atoms with Crippen molar-refractivity contribution in [3.8, 4) is 5.75 Å². The summed E-state index contributed by atoms with van der Waals surface area (Å²) in [6, 6.07) is 6.33. The van der Waals surface area contributed by atoms with Crippen LogP contribution in [0.15, 0.2) is 18.2 Å². The number of likely N-dealkylation sites (tertiary alicyclic amines) is 1. The summed E-state index contributed by atoms with van der Waals surface area (Å²) in [6.07, 6.45) is 5.07. The number of amides is 1. The minimum absolute atomic E-state index is 0.229. The smallest absolute Gasteiger partial charge is 0.222 e. The average Bonchev–Trinajstić information content (AvgIpc) is 2.52. The van der Waals surface area contributed by atoms with Crippen LogP contribution in [0.5, 0.6) is 5.75 Å². The van der Waals surface area contributed by atoms with E-state index in [1.807, 2.05) is 4.90 Å². The Labute approximate surface area is 141 Å². The second kappa shape index (κ2) is 8.37. The summed E-state index contributed by atoms with van der Waals surface area (Å²) < 4.78 is 6.18. The number of carbonyl (C=O) groups is 1. The lowest BCUT2D eigenvalue weighted by atomic mass is 10.00. The molecule has 1 aliphatic rings. The molecule has 1 amide bonds. The first-order valence-electron chi connectivity index (χ1n) is 9.01. The summed E-state index contributed by atoms with van der Waals surface area (Å²) >= 11 is 0. The Hall–Kier alpha value is -1.51. The van der Waals surface area contributed by atoms with Gasteiger partial charge in [-0.25, -0.2) is 0 Å². The molecule has 0 N–H and O–H groups in total. The van der Waals surface area contributed by atoms with Gasteiger partial charge in [-0.05, 0) is 37.0 Å². The molecule has 0 radical (unpaired) electrons. The van der Waals surface area contributed by atoms with Crippen LogP contribution in [0.25, 0.3) is 0 Å². The maximum absolute atomic E-state index is 12.3. The maximum Gasteiger partial charge on any atom is 0.222 e. The zero-order valence-corrected chi connectivity index (χ0v) is 15.1. The predicted octanol–water partition coefficient (Wildman–Crippen LogP) is 4.50. The van der Waals surface area contributed by atoms with Crippen LogP contribution >= 0.6 is 0 Å². The van der Waals surface area contributed by atoms with Crippen molar-refractivity contribution in [3.63, 3.8) is 0 Å². The molecule has 1 atom stereocenters. The van der Waals surface area contributed by atoms with Crippen LogP contribution in [0.2, 0.25) is 0 Å². The van der Waals surface area contributed by atoms with E-state index in [4.69, 9.17) is 4.74 Å². The monoisotopic (exact) mass is 317 g/mol. The number of piperidine rings is 1. The summed E-state index contributed by atoms with van der Waals surface area (Å²) in [5.74, 6) is 1.80. The second-order valence-electron chi connectivity index (χ2n) is 7.06. The zero-order valence-electron chi connectivity index (χ0n) is 15.1. The number of hydrogen-bond acceptors (Lipinski definition) is 2. The van der Waals surface area contributed by atoms with Gasteiger partial charge in [-0.3, -0.25) is 4.79 Å². The Balaban J connectivity index is 1.81. The van der Waals surface area contributed by atoms with Gasteiger partial charge in [0, 0.05) is 32.4 Å². The summed E-state index contributed by atoms with van der Waals surface area (Å²) in [4.78, 5) is 14.4. The van der Waals surface area contributed by atoms with Crippen LogP contribution in [0.1, 0.15) is 57.1 Å². The molecule has 0 aliphatic carbocycles. The Bertz CT molecular complexity index is 518. The molecule has 128 valence electrons. The van der Waals surface area contributed by atoms with Gasteiger partial charge in [0.2, 0.25) is 5.91 Å². The van der Waals surface area contributed by atoms with Crippen molar-refractivity contribution in [1.82, 2.24) is 4.90 Å². The fourth-order valence-corrected chi connectivity index (χ4v) is 3.26. The fourth-order valence-electron chi connectivity index (χ4n) is 3.26. The Morgan fingerprint density at radius 1 is 1.30 bits per heavy atom. The predicted molar refractivity (Wildman–Crippen MR) is 94.8 cm³/mol. The molecule has 23 heavy (non-hydrogen) atoms. The number of aryl methyl sites for hydroxylation is 2. The Kier molecular flexibility index (Phi) is 6.49. The molecule has 1 aromatic rings. The zero-order chi connectivity index (χ0) is 16.8. The SMILES string of the molecule is CCCC(C)CC(=O)N1CCC(Oc2cc(C)ccc2C)CC1. The number of carbonyl (C=O) groups excluding carboxylic acids is 1. The molecule has 1 unspecified atom stereocenters. The molecular weight excluding hydrogens is 286 g/mol. The first-order chi connectivity index (χ1) is 11.0. The molecule has 1 heterocycles. The third-order valence-corrected chi connectivity index (χ3v) is 4.74. The number of ether oxygens (including phenoxy) is 1. The number of rotatable bonds is 6. The van der Waals surface area contributed by atoms with Gasteiger partial charge < -0.3 is 9.64 Å². The van der Waals surface area contributed by atoms with Crippen LogP contribution in [-0.4, -0.2) is 30.0 Å². The van der Waals surface area contributed by atoms with E-state index in [0.29, 0.717) is 18.2 Å². The van der Waals surface area contributed by atoms with Gasteiger partial charge in [0.15, 0.2) is 0 Å². The number of hydrogen-bond donors (Lipinski definition) is 0. The molecular formula is C20H31NO2. The van der Waals surface area contributed by atoms with Gasteiger partial charge >= 0.3 is 0 Å². The lowest BCUT2D eigenvalue weighted by Crippen LogP contribution is -2.42. The fraction of sp³-hybridized carbons (Fsp3) is 0.650. The molecule has 0 aromatic heterocycles. The van der Waals surface area contributed by atoms with Crippen molar-refractivity contribution < 1.29 is 9.53 Å². The topological polar surface area (TPSA) is 29.5 Å². The number of nitrogens with zero attached hydrogens (tertiary/aromatic N) is 1. The molecule has 1 aromatic carbocycles. The molecule has 2 rings (SSSR count). The molecule has 1 saturated heterocycles. The van der Waals surface area contributed by atoms with Crippen LogP contribution in [0.4, 0.5) is 0 Å². The molecule has 3 heteroatoms. The molecule has 1 fully saturated rings. The van der Waals surface area contributed by atoms with Crippen LogP contribution in [-0.2, 0) is 4.79 Å². The van der Waals surface area contributed by atoms with Crippen molar-refractivity contribution >= 4 is 5.91 Å². The van der Waals surface area contributed by atoms with Crippen molar-refractivity contribution in [3.05, 3.63) is 29.3 Å². The average molecular weight is 317 g/mol. The van der Waals surface area contributed by atoms with Crippen LogP contribution in [0, 0.1) is 19.8 Å². The minimum atomic E-state index is 0.229. The lowest BCUT2D eigenvalue weighted by Gasteiger charge is -2.33. The molecule has 0 bridgehead atoms. The van der Waals surface area contributed by atoms with Crippen LogP contribution in [0.3, 0.4) is 0 Å². The first-order valence-corrected chi connectivity index (χ1v) is 9.01. The van der Waals surface area contributed by atoms with E-state index in [1.54, 1.807) is 0 Å². The van der Waals surface area contributed by atoms with E-state index < -0.39 is 0 Å². The quantitative estimate of drug-likeness (QED) is 0.773. The largest absolute Gasteiger partial charge is 0.490 e. The normalized spacial score (nSPS) is 17.1. The minimum Gasteiger partial charge on any atom is -0.490 e. The van der Waals surface area contributed by atoms with Crippen molar-refractivity contribution in [2.45, 2.75) is 65.9 Å². The van der Waals surface area contributed by atoms with Gasteiger partial charge in [0.1, 0.15) is 11.9 Å². The van der Waals surface area contributed by atoms with Gasteiger partial charge in [-0.15, -0.1) is 0 Å². The van der Waals surface area contributed by atoms with E-state index in [0.717, 1.165) is 44.5 Å². The van der Waals surface area contributed by atoms with E-state index in [-0.39, 0.29) is 6.10 Å². The third-order valence-electron chi connectivity index (χ3n) is 4.74. The van der Waals surface area contributed by atoms with Gasteiger partial charge in [0.25, 0.3) is 0 Å². The van der Waals surface area contributed by atoms with E-state index in [1.165, 1.54) is 11.1 Å². The lowest BCUT2D eigenvalue weighted by molar-refractivity contribution is -0.133.